The Morgan fingerprint density at radius 1 is 0.920 bits per heavy atom. The van der Waals surface area contributed by atoms with Crippen molar-refractivity contribution < 1.29 is 9.59 Å². The maximum atomic E-state index is 11.5. The molecule has 0 radical (unpaired) electrons. The molecule has 1 aliphatic heterocycles. The van der Waals surface area contributed by atoms with Crippen LogP contribution in [0.15, 0.2) is 47.5 Å². The Labute approximate surface area is 147 Å². The molecule has 1 aliphatic rings. The number of carbonyl (C=O) groups excluding carboxylic acids is 2. The summed E-state index contributed by atoms with van der Waals surface area (Å²) in [6, 6.07) is 13.5. The summed E-state index contributed by atoms with van der Waals surface area (Å²) in [4.78, 5) is 27.7. The van der Waals surface area contributed by atoms with Crippen LogP contribution in [0.25, 0.3) is 0 Å². The Morgan fingerprint density at radius 2 is 1.52 bits per heavy atom. The average Bonchev–Trinajstić information content (AvgIpc) is 3.05. The highest BCUT2D eigenvalue weighted by Gasteiger charge is 2.17. The number of fused-ring (bicyclic) bond motifs is 1. The molecule has 0 fully saturated rings. The van der Waals surface area contributed by atoms with E-state index >= 15 is 0 Å². The van der Waals surface area contributed by atoms with Crippen LogP contribution >= 0.6 is 0 Å². The number of nitrogens with one attached hydrogen (secondary N) is 2. The first kappa shape index (κ1) is 16.9. The lowest BCUT2D eigenvalue weighted by Crippen LogP contribution is -2.09. The molecule has 5 heteroatoms. The molecule has 3 rings (SSSR count). The van der Waals surface area contributed by atoms with Crippen molar-refractivity contribution >= 4 is 34.6 Å². The first-order valence-corrected chi connectivity index (χ1v) is 8.49. The molecule has 2 aromatic rings. The fourth-order valence-corrected chi connectivity index (χ4v) is 2.67. The Bertz CT molecular complexity index is 839. The number of hydrogen-bond acceptors (Lipinski definition) is 3. The van der Waals surface area contributed by atoms with E-state index in [0.717, 1.165) is 40.3 Å². The zero-order chi connectivity index (χ0) is 17.8. The maximum absolute atomic E-state index is 11.5. The van der Waals surface area contributed by atoms with Gasteiger partial charge in [0.2, 0.25) is 11.8 Å². The summed E-state index contributed by atoms with van der Waals surface area (Å²) in [5, 5.41) is 5.70. The lowest BCUT2D eigenvalue weighted by molar-refractivity contribution is -0.116. The van der Waals surface area contributed by atoms with Crippen LogP contribution in [0.2, 0.25) is 0 Å². The van der Waals surface area contributed by atoms with Gasteiger partial charge in [-0.1, -0.05) is 32.0 Å². The van der Waals surface area contributed by atoms with Crippen LogP contribution in [-0.4, -0.2) is 17.5 Å². The summed E-state index contributed by atoms with van der Waals surface area (Å²) in [5.41, 5.74) is 5.62. The average molecular weight is 335 g/mol. The molecule has 2 N–H and O–H groups in total. The molecule has 0 saturated heterocycles. The van der Waals surface area contributed by atoms with Gasteiger partial charge in [-0.3, -0.25) is 14.6 Å². The zero-order valence-electron chi connectivity index (χ0n) is 14.4. The van der Waals surface area contributed by atoms with Crippen LogP contribution in [0.3, 0.4) is 0 Å². The van der Waals surface area contributed by atoms with Crippen molar-refractivity contribution in [2.45, 2.75) is 33.1 Å². The van der Waals surface area contributed by atoms with E-state index in [2.05, 4.69) is 10.6 Å². The van der Waals surface area contributed by atoms with Gasteiger partial charge in [-0.2, -0.15) is 0 Å². The number of rotatable bonds is 5. The highest BCUT2D eigenvalue weighted by molar-refractivity contribution is 6.07. The van der Waals surface area contributed by atoms with Crippen LogP contribution < -0.4 is 10.6 Å². The molecule has 0 atom stereocenters. The minimum absolute atomic E-state index is 0.0000166. The fraction of sp³-hybridized carbons (Fsp3) is 0.250. The molecular formula is C20H21N3O2. The molecule has 25 heavy (non-hydrogen) atoms. The van der Waals surface area contributed by atoms with Gasteiger partial charge in [0.15, 0.2) is 0 Å². The normalized spacial score (nSPS) is 12.3. The molecule has 0 unspecified atom stereocenters. The SMILES string of the molecule is CCC(=O)Nc1ccc(C2=Nc3cc(NC(=O)CC)ccc3C2)cc1. The molecular weight excluding hydrogens is 314 g/mol. The van der Waals surface area contributed by atoms with Crippen LogP contribution in [0, 0.1) is 0 Å². The van der Waals surface area contributed by atoms with E-state index in [9.17, 15) is 9.59 Å². The third kappa shape index (κ3) is 3.94. The lowest BCUT2D eigenvalue weighted by Gasteiger charge is -2.05. The first-order chi connectivity index (χ1) is 12.1. The van der Waals surface area contributed by atoms with Crippen molar-refractivity contribution in [3.8, 4) is 0 Å². The smallest absolute Gasteiger partial charge is 0.224 e. The third-order valence-electron chi connectivity index (χ3n) is 4.13. The van der Waals surface area contributed by atoms with Crippen LogP contribution in [0.1, 0.15) is 37.8 Å². The minimum atomic E-state index is -0.00753. The van der Waals surface area contributed by atoms with E-state index < -0.39 is 0 Å². The van der Waals surface area contributed by atoms with Gasteiger partial charge < -0.3 is 10.6 Å². The standard InChI is InChI=1S/C20H21N3O2/c1-3-19(24)21-15-8-5-13(6-9-15)17-11-14-7-10-16(12-18(14)23-17)22-20(25)4-2/h5-10,12H,3-4,11H2,1-2H3,(H,21,24)(H,22,25). The maximum Gasteiger partial charge on any atom is 0.224 e. The van der Waals surface area contributed by atoms with Gasteiger partial charge in [-0.05, 0) is 35.4 Å². The van der Waals surface area contributed by atoms with Gasteiger partial charge in [-0.25, -0.2) is 0 Å². The van der Waals surface area contributed by atoms with Gasteiger partial charge in [-0.15, -0.1) is 0 Å². The van der Waals surface area contributed by atoms with Gasteiger partial charge in [0.1, 0.15) is 0 Å². The summed E-state index contributed by atoms with van der Waals surface area (Å²) in [6.45, 7) is 3.65. The molecule has 1 heterocycles. The first-order valence-electron chi connectivity index (χ1n) is 8.49. The molecule has 5 nitrogen and oxygen atoms in total. The van der Waals surface area contributed by atoms with Crippen LogP contribution in [-0.2, 0) is 16.0 Å². The molecule has 0 saturated carbocycles. The quantitative estimate of drug-likeness (QED) is 0.865. The van der Waals surface area contributed by atoms with Gasteiger partial charge in [0.05, 0.1) is 11.4 Å². The molecule has 0 aliphatic carbocycles. The number of amides is 2. The summed E-state index contributed by atoms with van der Waals surface area (Å²) < 4.78 is 0. The number of carbonyl (C=O) groups is 2. The minimum Gasteiger partial charge on any atom is -0.326 e. The molecule has 0 spiro atoms. The summed E-state index contributed by atoms with van der Waals surface area (Å²) in [6.07, 6.45) is 1.67. The zero-order valence-corrected chi connectivity index (χ0v) is 14.4. The van der Waals surface area contributed by atoms with Crippen molar-refractivity contribution in [1.29, 1.82) is 0 Å². The van der Waals surface area contributed by atoms with E-state index in [1.807, 2.05) is 56.3 Å². The second-order valence-corrected chi connectivity index (χ2v) is 5.96. The van der Waals surface area contributed by atoms with Crippen molar-refractivity contribution in [1.82, 2.24) is 0 Å². The lowest BCUT2D eigenvalue weighted by atomic mass is 10.0. The van der Waals surface area contributed by atoms with Crippen molar-refractivity contribution in [3.63, 3.8) is 0 Å². The van der Waals surface area contributed by atoms with Gasteiger partial charge >= 0.3 is 0 Å². The summed E-state index contributed by atoms with van der Waals surface area (Å²) in [5.74, 6) is -0.00752. The Hall–Kier alpha value is -2.95. The number of nitrogens with zero attached hydrogens (tertiary/aromatic N) is 1. The molecule has 2 amide bonds. The highest BCUT2D eigenvalue weighted by Crippen LogP contribution is 2.31. The Morgan fingerprint density at radius 3 is 2.16 bits per heavy atom. The predicted octanol–water partition coefficient (Wildman–Crippen LogP) is 4.06. The Balaban J connectivity index is 1.76. The number of hydrogen-bond donors (Lipinski definition) is 2. The van der Waals surface area contributed by atoms with Gasteiger partial charge in [0.25, 0.3) is 0 Å². The van der Waals surface area contributed by atoms with E-state index in [4.69, 9.17) is 4.99 Å². The van der Waals surface area contributed by atoms with Crippen molar-refractivity contribution in [3.05, 3.63) is 53.6 Å². The number of anilines is 2. The molecule has 128 valence electrons. The Kier molecular flexibility index (Phi) is 4.93. The monoisotopic (exact) mass is 335 g/mol. The van der Waals surface area contributed by atoms with E-state index in [1.54, 1.807) is 0 Å². The number of benzene rings is 2. The van der Waals surface area contributed by atoms with Gasteiger partial charge in [0, 0.05) is 30.6 Å². The largest absolute Gasteiger partial charge is 0.326 e. The fourth-order valence-electron chi connectivity index (χ4n) is 2.67. The van der Waals surface area contributed by atoms with Crippen molar-refractivity contribution in [2.24, 2.45) is 4.99 Å². The van der Waals surface area contributed by atoms with E-state index in [-0.39, 0.29) is 11.8 Å². The predicted molar refractivity (Wildman–Crippen MR) is 101 cm³/mol. The highest BCUT2D eigenvalue weighted by atomic mass is 16.2. The second kappa shape index (κ2) is 7.30. The summed E-state index contributed by atoms with van der Waals surface area (Å²) in [7, 11) is 0. The third-order valence-corrected chi connectivity index (χ3v) is 4.13. The van der Waals surface area contributed by atoms with Crippen LogP contribution in [0.5, 0.6) is 0 Å². The summed E-state index contributed by atoms with van der Waals surface area (Å²) >= 11 is 0. The molecule has 2 aromatic carbocycles. The molecule has 0 aromatic heterocycles. The second-order valence-electron chi connectivity index (χ2n) is 5.96. The van der Waals surface area contributed by atoms with E-state index in [1.165, 1.54) is 0 Å². The molecule has 0 bridgehead atoms. The topological polar surface area (TPSA) is 70.6 Å². The number of aliphatic imine (C=N–C) groups is 1. The van der Waals surface area contributed by atoms with Crippen molar-refractivity contribution in [2.75, 3.05) is 10.6 Å². The van der Waals surface area contributed by atoms with Crippen LogP contribution in [0.4, 0.5) is 17.1 Å². The van der Waals surface area contributed by atoms with E-state index in [0.29, 0.717) is 12.8 Å².